The minimum Gasteiger partial charge on any atom is -0.507 e. The summed E-state index contributed by atoms with van der Waals surface area (Å²) >= 11 is 0. The second-order valence-electron chi connectivity index (χ2n) is 5.63. The zero-order chi connectivity index (χ0) is 16.8. The summed E-state index contributed by atoms with van der Waals surface area (Å²) in [5.41, 5.74) is 0.215. The van der Waals surface area contributed by atoms with Crippen LogP contribution in [0.3, 0.4) is 0 Å². The van der Waals surface area contributed by atoms with Crippen molar-refractivity contribution in [2.24, 2.45) is 0 Å². The van der Waals surface area contributed by atoms with E-state index in [4.69, 9.17) is 14.3 Å². The van der Waals surface area contributed by atoms with E-state index in [1.165, 1.54) is 0 Å². The lowest BCUT2D eigenvalue weighted by atomic mass is 9.91. The minimum atomic E-state index is -0.470. The molecule has 2 aromatic rings. The molecule has 5 heteroatoms. The fraction of sp³-hybridized carbons (Fsp3) is 0.500. The van der Waals surface area contributed by atoms with Gasteiger partial charge < -0.3 is 19.4 Å². The molecule has 2 rings (SSSR count). The van der Waals surface area contributed by atoms with Crippen LogP contribution in [-0.2, 0) is 0 Å². The lowest BCUT2D eigenvalue weighted by Crippen LogP contribution is -2.13. The topological polar surface area (TPSA) is 79.9 Å². The molecule has 0 amide bonds. The monoisotopic (exact) mass is 320 g/mol. The molecule has 0 aliphatic rings. The largest absolute Gasteiger partial charge is 0.507 e. The summed E-state index contributed by atoms with van der Waals surface area (Å²) < 4.78 is 10.7. The van der Waals surface area contributed by atoms with Gasteiger partial charge in [0.05, 0.1) is 17.6 Å². The highest BCUT2D eigenvalue weighted by atomic mass is 16.5. The van der Waals surface area contributed by atoms with Crippen molar-refractivity contribution in [2.45, 2.75) is 45.4 Å². The number of benzene rings is 1. The fourth-order valence-corrected chi connectivity index (χ4v) is 2.80. The maximum atomic E-state index is 12.3. The Morgan fingerprint density at radius 3 is 2.74 bits per heavy atom. The van der Waals surface area contributed by atoms with Gasteiger partial charge in [-0.2, -0.15) is 0 Å². The van der Waals surface area contributed by atoms with Crippen LogP contribution in [-0.4, -0.2) is 23.4 Å². The Labute approximate surface area is 135 Å². The average molecular weight is 320 g/mol. The van der Waals surface area contributed by atoms with Crippen molar-refractivity contribution in [1.82, 2.24) is 0 Å². The SMILES string of the molecule is CCCCC(CC)c1c(O)c2cc(OCCO)ccc2oc1=O. The highest BCUT2D eigenvalue weighted by molar-refractivity contribution is 5.85. The molecule has 1 aromatic heterocycles. The molecule has 0 saturated heterocycles. The van der Waals surface area contributed by atoms with Crippen LogP contribution in [0.5, 0.6) is 11.5 Å². The number of fused-ring (bicyclic) bond motifs is 1. The van der Waals surface area contributed by atoms with Crippen molar-refractivity contribution >= 4 is 11.0 Å². The Bertz CT molecular complexity index is 704. The van der Waals surface area contributed by atoms with Gasteiger partial charge in [-0.3, -0.25) is 0 Å². The van der Waals surface area contributed by atoms with Crippen molar-refractivity contribution in [3.05, 3.63) is 34.2 Å². The first-order valence-corrected chi connectivity index (χ1v) is 8.15. The summed E-state index contributed by atoms with van der Waals surface area (Å²) in [6.07, 6.45) is 3.65. The highest BCUT2D eigenvalue weighted by Gasteiger charge is 2.21. The van der Waals surface area contributed by atoms with Crippen LogP contribution < -0.4 is 10.4 Å². The van der Waals surface area contributed by atoms with E-state index < -0.39 is 5.63 Å². The molecule has 0 aliphatic carbocycles. The van der Waals surface area contributed by atoms with E-state index in [1.54, 1.807) is 18.2 Å². The first-order chi connectivity index (χ1) is 11.1. The quantitative estimate of drug-likeness (QED) is 0.727. The van der Waals surface area contributed by atoms with Gasteiger partial charge in [0.15, 0.2) is 0 Å². The summed E-state index contributed by atoms with van der Waals surface area (Å²) in [5, 5.41) is 19.9. The standard InChI is InChI=1S/C18H24O5/c1-3-5-6-12(4-2)16-17(20)14-11-13(22-10-9-19)7-8-15(14)23-18(16)21/h7-8,11-12,19-20H,3-6,9-10H2,1-2H3. The average Bonchev–Trinajstić information content (AvgIpc) is 2.56. The van der Waals surface area contributed by atoms with Gasteiger partial charge in [0.25, 0.3) is 0 Å². The Morgan fingerprint density at radius 2 is 2.09 bits per heavy atom. The summed E-state index contributed by atoms with van der Waals surface area (Å²) in [5.74, 6) is 0.481. The van der Waals surface area contributed by atoms with Crippen LogP contribution in [0.4, 0.5) is 0 Å². The van der Waals surface area contributed by atoms with Gasteiger partial charge in [0.2, 0.25) is 0 Å². The number of rotatable bonds is 8. The first kappa shape index (κ1) is 17.3. The van der Waals surface area contributed by atoms with Crippen molar-refractivity contribution < 1.29 is 19.4 Å². The van der Waals surface area contributed by atoms with Crippen molar-refractivity contribution in [3.63, 3.8) is 0 Å². The van der Waals surface area contributed by atoms with Crippen molar-refractivity contribution in [2.75, 3.05) is 13.2 Å². The van der Waals surface area contributed by atoms with Gasteiger partial charge in [-0.25, -0.2) is 4.79 Å². The second kappa shape index (κ2) is 8.02. The number of aliphatic hydroxyl groups excluding tert-OH is 1. The molecular formula is C18H24O5. The lowest BCUT2D eigenvalue weighted by molar-refractivity contribution is 0.201. The zero-order valence-corrected chi connectivity index (χ0v) is 13.7. The third kappa shape index (κ3) is 3.85. The highest BCUT2D eigenvalue weighted by Crippen LogP contribution is 2.36. The van der Waals surface area contributed by atoms with Gasteiger partial charge in [0.1, 0.15) is 23.7 Å². The van der Waals surface area contributed by atoms with E-state index in [1.807, 2.05) is 6.92 Å². The number of aliphatic hydroxyl groups is 1. The molecule has 0 bridgehead atoms. The molecule has 0 saturated carbocycles. The van der Waals surface area contributed by atoms with E-state index in [2.05, 4.69) is 6.92 Å². The van der Waals surface area contributed by atoms with Gasteiger partial charge in [-0.05, 0) is 37.0 Å². The van der Waals surface area contributed by atoms with Crippen molar-refractivity contribution in [3.8, 4) is 11.5 Å². The Morgan fingerprint density at radius 1 is 1.30 bits per heavy atom. The molecule has 1 aromatic carbocycles. The number of unbranched alkanes of at least 4 members (excludes halogenated alkanes) is 1. The summed E-state index contributed by atoms with van der Waals surface area (Å²) in [7, 11) is 0. The predicted octanol–water partition coefficient (Wildman–Crippen LogP) is 3.55. The molecule has 0 spiro atoms. The third-order valence-corrected chi connectivity index (χ3v) is 4.05. The first-order valence-electron chi connectivity index (χ1n) is 8.15. The van der Waals surface area contributed by atoms with E-state index in [9.17, 15) is 9.90 Å². The summed E-state index contributed by atoms with van der Waals surface area (Å²) in [6, 6.07) is 4.88. The zero-order valence-electron chi connectivity index (χ0n) is 13.7. The van der Waals surface area contributed by atoms with E-state index >= 15 is 0 Å². The second-order valence-corrected chi connectivity index (χ2v) is 5.63. The molecule has 0 radical (unpaired) electrons. The van der Waals surface area contributed by atoms with Crippen molar-refractivity contribution in [1.29, 1.82) is 0 Å². The molecule has 0 fully saturated rings. The fourth-order valence-electron chi connectivity index (χ4n) is 2.80. The normalized spacial score (nSPS) is 12.5. The van der Waals surface area contributed by atoms with Crippen LogP contribution in [0.15, 0.2) is 27.4 Å². The number of ether oxygens (including phenoxy) is 1. The summed E-state index contributed by atoms with van der Waals surface area (Å²) in [6.45, 7) is 4.18. The van der Waals surface area contributed by atoms with Gasteiger partial charge in [0, 0.05) is 0 Å². The van der Waals surface area contributed by atoms with E-state index in [-0.39, 0.29) is 24.9 Å². The van der Waals surface area contributed by atoms with Crippen LogP contribution in [0, 0.1) is 0 Å². The number of aromatic hydroxyl groups is 1. The molecular weight excluding hydrogens is 296 g/mol. The Hall–Kier alpha value is -2.01. The minimum absolute atomic E-state index is 0.0161. The van der Waals surface area contributed by atoms with Crippen LogP contribution in [0.25, 0.3) is 11.0 Å². The molecule has 0 aliphatic heterocycles. The van der Waals surface area contributed by atoms with E-state index in [0.29, 0.717) is 22.3 Å². The van der Waals surface area contributed by atoms with Crippen LogP contribution in [0.1, 0.15) is 51.0 Å². The molecule has 1 unspecified atom stereocenters. The molecule has 1 atom stereocenters. The number of hydrogen-bond donors (Lipinski definition) is 2. The lowest BCUT2D eigenvalue weighted by Gasteiger charge is -2.16. The maximum Gasteiger partial charge on any atom is 0.343 e. The molecule has 5 nitrogen and oxygen atoms in total. The third-order valence-electron chi connectivity index (χ3n) is 4.05. The van der Waals surface area contributed by atoms with Crippen LogP contribution >= 0.6 is 0 Å². The van der Waals surface area contributed by atoms with E-state index in [0.717, 1.165) is 25.7 Å². The Kier molecular flexibility index (Phi) is 6.04. The molecule has 23 heavy (non-hydrogen) atoms. The molecule has 1 heterocycles. The van der Waals surface area contributed by atoms with Gasteiger partial charge in [-0.1, -0.05) is 26.7 Å². The molecule has 126 valence electrons. The van der Waals surface area contributed by atoms with Gasteiger partial charge >= 0.3 is 5.63 Å². The smallest absolute Gasteiger partial charge is 0.343 e. The number of hydrogen-bond acceptors (Lipinski definition) is 5. The molecule has 2 N–H and O–H groups in total. The predicted molar refractivity (Wildman–Crippen MR) is 89.3 cm³/mol. The Balaban J connectivity index is 2.50. The summed E-state index contributed by atoms with van der Waals surface area (Å²) in [4.78, 5) is 12.3. The van der Waals surface area contributed by atoms with Crippen LogP contribution in [0.2, 0.25) is 0 Å². The van der Waals surface area contributed by atoms with Gasteiger partial charge in [-0.15, -0.1) is 0 Å². The maximum absolute atomic E-state index is 12.3.